The molecule has 0 aliphatic rings. The van der Waals surface area contributed by atoms with Crippen LogP contribution in [0.3, 0.4) is 0 Å². The lowest BCUT2D eigenvalue weighted by atomic mass is 10.2. The quantitative estimate of drug-likeness (QED) is 0.256. The van der Waals surface area contributed by atoms with Crippen LogP contribution >= 0.6 is 0 Å². The van der Waals surface area contributed by atoms with Gasteiger partial charge in [0.2, 0.25) is 11.2 Å². The Balaban J connectivity index is 0.00000240. The van der Waals surface area contributed by atoms with Crippen molar-refractivity contribution in [1.29, 1.82) is 0 Å². The monoisotopic (exact) mass is 503 g/mol. The molecule has 4 aromatic rings. The molecule has 0 atom stereocenters. The second-order valence-electron chi connectivity index (χ2n) is 6.80. The lowest BCUT2D eigenvalue weighted by molar-refractivity contribution is -0.669. The summed E-state index contributed by atoms with van der Waals surface area (Å²) in [6.07, 6.45) is 3.86. The van der Waals surface area contributed by atoms with Crippen LogP contribution in [0.1, 0.15) is 18.4 Å². The first-order valence-electron chi connectivity index (χ1n) is 9.16. The first kappa shape index (κ1) is 21.0. The van der Waals surface area contributed by atoms with E-state index in [-0.39, 0.29) is 35.2 Å². The summed E-state index contributed by atoms with van der Waals surface area (Å²) in [5.41, 5.74) is 2.26. The van der Waals surface area contributed by atoms with Crippen molar-refractivity contribution >= 4 is 34.2 Å². The van der Waals surface area contributed by atoms with Crippen molar-refractivity contribution in [2.75, 3.05) is 0 Å². The standard InChI is InChI=1S/C21H22N5O2.HI/c1-5-26-15(11-10-14-8-6-7-9-16(14)26)12-13-17-22-19-18(23(17)2)20(27)25(4)21(28)24(19)3;/h6-13H,5H2,1-4H3;1H/q+1;/p-1. The Morgan fingerprint density at radius 2 is 1.69 bits per heavy atom. The molecule has 0 unspecified atom stereocenters. The third kappa shape index (κ3) is 3.31. The predicted octanol–water partition coefficient (Wildman–Crippen LogP) is -1.39. The Bertz CT molecular complexity index is 1380. The number of rotatable bonds is 3. The van der Waals surface area contributed by atoms with Gasteiger partial charge in [0.05, 0.1) is 0 Å². The molecule has 29 heavy (non-hydrogen) atoms. The van der Waals surface area contributed by atoms with Crippen LogP contribution < -0.4 is 39.8 Å². The number of benzene rings is 1. The number of nitrogens with zero attached hydrogens (tertiary/aromatic N) is 5. The number of hydrogen-bond acceptors (Lipinski definition) is 3. The van der Waals surface area contributed by atoms with Crippen molar-refractivity contribution < 1.29 is 28.5 Å². The number of hydrogen-bond donors (Lipinski definition) is 0. The maximum atomic E-state index is 12.5. The maximum absolute atomic E-state index is 12.5. The molecule has 0 bridgehead atoms. The maximum Gasteiger partial charge on any atom is 0.332 e. The fraction of sp³-hybridized carbons (Fsp3) is 0.238. The predicted molar refractivity (Wildman–Crippen MR) is 110 cm³/mol. The van der Waals surface area contributed by atoms with E-state index in [0.29, 0.717) is 17.0 Å². The molecule has 3 aromatic heterocycles. The van der Waals surface area contributed by atoms with Crippen LogP contribution in [0.25, 0.3) is 34.2 Å². The molecule has 0 radical (unpaired) electrons. The SMILES string of the molecule is CC[n+]1c(/C=C/c2nc3c(c(=O)n(C)c(=O)n3C)n2C)ccc2ccccc21.[I-]. The van der Waals surface area contributed by atoms with E-state index in [1.807, 2.05) is 24.3 Å². The van der Waals surface area contributed by atoms with Gasteiger partial charge < -0.3 is 28.5 Å². The first-order valence-corrected chi connectivity index (χ1v) is 9.16. The molecule has 0 amide bonds. The summed E-state index contributed by atoms with van der Waals surface area (Å²) in [6.45, 7) is 2.94. The third-order valence-electron chi connectivity index (χ3n) is 5.20. The molecule has 1 aromatic carbocycles. The van der Waals surface area contributed by atoms with Crippen molar-refractivity contribution in [3.05, 3.63) is 68.8 Å². The zero-order chi connectivity index (χ0) is 20.0. The molecule has 3 heterocycles. The lowest BCUT2D eigenvalue weighted by Crippen LogP contribution is -3.00. The molecule has 0 saturated carbocycles. The normalized spacial score (nSPS) is 11.4. The fourth-order valence-electron chi connectivity index (χ4n) is 3.62. The number of para-hydroxylation sites is 1. The molecule has 0 aliphatic carbocycles. The number of aryl methyl sites for hydroxylation is 3. The van der Waals surface area contributed by atoms with Crippen LogP contribution in [-0.2, 0) is 27.7 Å². The number of aromatic nitrogens is 5. The Morgan fingerprint density at radius 3 is 2.41 bits per heavy atom. The van der Waals surface area contributed by atoms with Crippen LogP contribution in [0.5, 0.6) is 0 Å². The zero-order valence-electron chi connectivity index (χ0n) is 16.8. The highest BCUT2D eigenvalue weighted by Gasteiger charge is 2.16. The minimum absolute atomic E-state index is 0. The van der Waals surface area contributed by atoms with Gasteiger partial charge in [-0.1, -0.05) is 12.1 Å². The lowest BCUT2D eigenvalue weighted by Gasteiger charge is -2.03. The summed E-state index contributed by atoms with van der Waals surface area (Å²) < 4.78 is 6.45. The molecule has 7 nitrogen and oxygen atoms in total. The van der Waals surface area contributed by atoms with Gasteiger partial charge >= 0.3 is 5.69 Å². The minimum atomic E-state index is -0.385. The smallest absolute Gasteiger partial charge is 0.332 e. The second kappa shape index (κ2) is 7.94. The second-order valence-corrected chi connectivity index (χ2v) is 6.80. The highest BCUT2D eigenvalue weighted by atomic mass is 127. The van der Waals surface area contributed by atoms with Crippen LogP contribution in [0.15, 0.2) is 46.0 Å². The molecule has 8 heteroatoms. The summed E-state index contributed by atoms with van der Waals surface area (Å²) in [4.78, 5) is 29.2. The van der Waals surface area contributed by atoms with E-state index in [1.165, 1.54) is 17.0 Å². The molecule has 150 valence electrons. The highest BCUT2D eigenvalue weighted by molar-refractivity contribution is 5.78. The van der Waals surface area contributed by atoms with Crippen LogP contribution in [0, 0.1) is 0 Å². The molecule has 0 spiro atoms. The van der Waals surface area contributed by atoms with Gasteiger partial charge in [-0.15, -0.1) is 0 Å². The van der Waals surface area contributed by atoms with Gasteiger partial charge in [-0.25, -0.2) is 9.78 Å². The van der Waals surface area contributed by atoms with Crippen molar-refractivity contribution in [2.24, 2.45) is 21.1 Å². The average molecular weight is 503 g/mol. The van der Waals surface area contributed by atoms with Gasteiger partial charge in [-0.2, -0.15) is 4.57 Å². The van der Waals surface area contributed by atoms with Gasteiger partial charge in [0.25, 0.3) is 5.56 Å². The first-order chi connectivity index (χ1) is 13.4. The number of imidazole rings is 1. The van der Waals surface area contributed by atoms with Crippen LogP contribution in [0.2, 0.25) is 0 Å². The Kier molecular flexibility index (Phi) is 5.74. The molecular weight excluding hydrogens is 481 g/mol. The molecular formula is C21H22IN5O2. The number of pyridine rings is 1. The van der Waals surface area contributed by atoms with Gasteiger partial charge in [-0.3, -0.25) is 13.9 Å². The molecule has 0 N–H and O–H groups in total. The largest absolute Gasteiger partial charge is 1.00 e. The van der Waals surface area contributed by atoms with Crippen LogP contribution in [-0.4, -0.2) is 18.7 Å². The van der Waals surface area contributed by atoms with Crippen molar-refractivity contribution in [1.82, 2.24) is 18.7 Å². The van der Waals surface area contributed by atoms with E-state index in [1.54, 1.807) is 18.7 Å². The van der Waals surface area contributed by atoms with Gasteiger partial charge in [0.1, 0.15) is 12.4 Å². The summed E-state index contributed by atoms with van der Waals surface area (Å²) in [5.74, 6) is 0.615. The van der Waals surface area contributed by atoms with E-state index < -0.39 is 0 Å². The van der Waals surface area contributed by atoms with Crippen molar-refractivity contribution in [2.45, 2.75) is 13.5 Å². The number of halogens is 1. The molecule has 4 rings (SSSR count). The average Bonchev–Trinajstić information content (AvgIpc) is 3.05. The fourth-order valence-corrected chi connectivity index (χ4v) is 3.62. The summed E-state index contributed by atoms with van der Waals surface area (Å²) in [6, 6.07) is 12.4. The topological polar surface area (TPSA) is 65.7 Å². The van der Waals surface area contributed by atoms with E-state index in [9.17, 15) is 9.59 Å². The molecule has 0 fully saturated rings. The van der Waals surface area contributed by atoms with E-state index >= 15 is 0 Å². The van der Waals surface area contributed by atoms with Crippen LogP contribution in [0.4, 0.5) is 0 Å². The third-order valence-corrected chi connectivity index (χ3v) is 5.20. The Labute approximate surface area is 184 Å². The zero-order valence-corrected chi connectivity index (χ0v) is 18.9. The van der Waals surface area contributed by atoms with E-state index in [2.05, 4.69) is 40.7 Å². The molecule has 0 aliphatic heterocycles. The summed E-state index contributed by atoms with van der Waals surface area (Å²) >= 11 is 0. The Morgan fingerprint density at radius 1 is 0.966 bits per heavy atom. The van der Waals surface area contributed by atoms with Gasteiger partial charge in [-0.05, 0) is 25.1 Å². The van der Waals surface area contributed by atoms with Crippen molar-refractivity contribution in [3.63, 3.8) is 0 Å². The van der Waals surface area contributed by atoms with Gasteiger partial charge in [0, 0.05) is 44.7 Å². The molecule has 0 saturated heterocycles. The van der Waals surface area contributed by atoms with Crippen molar-refractivity contribution in [3.8, 4) is 0 Å². The summed E-state index contributed by atoms with van der Waals surface area (Å²) in [7, 11) is 4.89. The number of fused-ring (bicyclic) bond motifs is 2. The minimum Gasteiger partial charge on any atom is -1.00 e. The summed E-state index contributed by atoms with van der Waals surface area (Å²) in [5, 5.41) is 1.18. The Hall–Kier alpha value is -2.75. The highest BCUT2D eigenvalue weighted by Crippen LogP contribution is 2.14. The van der Waals surface area contributed by atoms with Gasteiger partial charge in [0.15, 0.2) is 11.2 Å². The van der Waals surface area contributed by atoms with E-state index in [0.717, 1.165) is 22.3 Å². The van der Waals surface area contributed by atoms with E-state index in [4.69, 9.17) is 0 Å².